The maximum absolute atomic E-state index is 12.8. The topological polar surface area (TPSA) is 42.0 Å². The summed E-state index contributed by atoms with van der Waals surface area (Å²) in [5, 5.41) is 3.67. The first-order valence-corrected chi connectivity index (χ1v) is 9.84. The maximum Gasteiger partial charge on any atom is 0.253 e. The molecule has 24 heavy (non-hydrogen) atoms. The molecule has 1 amide bonds. The number of pyridine rings is 1. The third-order valence-electron chi connectivity index (χ3n) is 4.58. The lowest BCUT2D eigenvalue weighted by Gasteiger charge is -2.24. The van der Waals surface area contributed by atoms with Crippen LogP contribution in [0, 0.1) is 5.92 Å². The van der Waals surface area contributed by atoms with Gasteiger partial charge in [-0.05, 0) is 55.3 Å². The van der Waals surface area contributed by atoms with E-state index in [1.54, 1.807) is 24.0 Å². The quantitative estimate of drug-likeness (QED) is 0.752. The van der Waals surface area contributed by atoms with Crippen molar-refractivity contribution in [3.63, 3.8) is 0 Å². The molecule has 0 bridgehead atoms. The van der Waals surface area contributed by atoms with Crippen LogP contribution in [-0.2, 0) is 0 Å². The number of halogens is 1. The van der Waals surface area contributed by atoms with Crippen LogP contribution in [0.1, 0.15) is 47.8 Å². The molecule has 1 fully saturated rings. The van der Waals surface area contributed by atoms with Gasteiger partial charge in [-0.15, -0.1) is 11.8 Å². The molecule has 1 aliphatic rings. The number of carbonyl (C=O) groups excluding carboxylic acids is 1. The Kier molecular flexibility index (Phi) is 5.80. The van der Waals surface area contributed by atoms with E-state index in [0.29, 0.717) is 16.5 Å². The molecule has 1 atom stereocenters. The Morgan fingerprint density at radius 1 is 1.29 bits per heavy atom. The molecule has 3 nitrogen and oxygen atoms in total. The number of aromatic nitrogens is 1. The van der Waals surface area contributed by atoms with Crippen LogP contribution in [0.5, 0.6) is 0 Å². The van der Waals surface area contributed by atoms with Crippen molar-refractivity contribution in [3.8, 4) is 0 Å². The second-order valence-corrected chi connectivity index (χ2v) is 7.38. The van der Waals surface area contributed by atoms with Crippen molar-refractivity contribution in [3.05, 3.63) is 58.9 Å². The summed E-state index contributed by atoms with van der Waals surface area (Å²) in [6.45, 7) is 0. The molecule has 1 unspecified atom stereocenters. The Morgan fingerprint density at radius 3 is 2.75 bits per heavy atom. The molecule has 1 aliphatic carbocycles. The fourth-order valence-electron chi connectivity index (χ4n) is 3.31. The minimum absolute atomic E-state index is 0.0600. The van der Waals surface area contributed by atoms with Crippen LogP contribution < -0.4 is 5.32 Å². The molecule has 0 saturated heterocycles. The predicted molar refractivity (Wildman–Crippen MR) is 99.6 cm³/mol. The molecule has 1 saturated carbocycles. The fourth-order valence-corrected chi connectivity index (χ4v) is 3.95. The third-order valence-corrected chi connectivity index (χ3v) is 5.64. The van der Waals surface area contributed by atoms with Gasteiger partial charge in [-0.1, -0.05) is 30.5 Å². The number of nitrogens with zero attached hydrogens (tertiary/aromatic N) is 1. The summed E-state index contributed by atoms with van der Waals surface area (Å²) in [4.78, 5) is 18.3. The Morgan fingerprint density at radius 2 is 2.08 bits per heavy atom. The number of benzene rings is 1. The number of amides is 1. The van der Waals surface area contributed by atoms with Crippen molar-refractivity contribution in [1.29, 1.82) is 0 Å². The summed E-state index contributed by atoms with van der Waals surface area (Å²) in [6, 6.07) is 11.4. The second-order valence-electron chi connectivity index (χ2n) is 6.10. The lowest BCUT2D eigenvalue weighted by Crippen LogP contribution is -2.33. The van der Waals surface area contributed by atoms with E-state index in [2.05, 4.69) is 10.3 Å². The average Bonchev–Trinajstić information content (AvgIpc) is 3.15. The Bertz CT molecular complexity index is 702. The van der Waals surface area contributed by atoms with Crippen LogP contribution in [0.25, 0.3) is 0 Å². The van der Waals surface area contributed by atoms with Gasteiger partial charge in [0.25, 0.3) is 5.91 Å². The number of rotatable bonds is 5. The highest BCUT2D eigenvalue weighted by Gasteiger charge is 2.29. The van der Waals surface area contributed by atoms with Crippen LogP contribution in [0.3, 0.4) is 0 Å². The monoisotopic (exact) mass is 360 g/mol. The molecule has 1 aromatic carbocycles. The lowest BCUT2D eigenvalue weighted by molar-refractivity contribution is 0.0920. The summed E-state index contributed by atoms with van der Waals surface area (Å²) in [7, 11) is 0. The molecule has 1 N–H and O–H groups in total. The first-order valence-electron chi connectivity index (χ1n) is 8.24. The molecule has 0 spiro atoms. The van der Waals surface area contributed by atoms with E-state index in [1.165, 1.54) is 12.8 Å². The summed E-state index contributed by atoms with van der Waals surface area (Å²) in [5.74, 6) is 0.310. The van der Waals surface area contributed by atoms with Gasteiger partial charge in [0, 0.05) is 11.1 Å². The average molecular weight is 361 g/mol. The first-order chi connectivity index (χ1) is 11.7. The molecule has 126 valence electrons. The summed E-state index contributed by atoms with van der Waals surface area (Å²) < 4.78 is 0. The van der Waals surface area contributed by atoms with Gasteiger partial charge >= 0.3 is 0 Å². The molecule has 2 aromatic rings. The third kappa shape index (κ3) is 3.93. The van der Waals surface area contributed by atoms with E-state index < -0.39 is 0 Å². The molecular formula is C19H21ClN2OS. The molecule has 1 heterocycles. The highest BCUT2D eigenvalue weighted by atomic mass is 35.5. The standard InChI is InChI=1S/C19H21ClN2OS/c1-24-14-9-10-16(20)15(12-14)19(23)22-18(13-6-2-3-7-13)17-8-4-5-11-21-17/h4-5,8-13,18H,2-3,6-7H2,1H3,(H,22,23). The molecular weight excluding hydrogens is 340 g/mol. The Labute approximate surface area is 152 Å². The van der Waals surface area contributed by atoms with Crippen molar-refractivity contribution in [2.24, 2.45) is 5.92 Å². The number of carbonyl (C=O) groups is 1. The van der Waals surface area contributed by atoms with Gasteiger partial charge in [0.2, 0.25) is 0 Å². The Hall–Kier alpha value is -1.52. The fraction of sp³-hybridized carbons (Fsp3) is 0.368. The van der Waals surface area contributed by atoms with Gasteiger partial charge < -0.3 is 5.32 Å². The number of hydrogen-bond donors (Lipinski definition) is 1. The van der Waals surface area contributed by atoms with Gasteiger partial charge in [0.15, 0.2) is 0 Å². The van der Waals surface area contributed by atoms with Gasteiger partial charge in [-0.25, -0.2) is 0 Å². The van der Waals surface area contributed by atoms with Crippen molar-refractivity contribution >= 4 is 29.3 Å². The van der Waals surface area contributed by atoms with E-state index in [9.17, 15) is 4.79 Å². The molecule has 1 aromatic heterocycles. The number of hydrogen-bond acceptors (Lipinski definition) is 3. The largest absolute Gasteiger partial charge is 0.343 e. The van der Waals surface area contributed by atoms with Gasteiger partial charge in [-0.2, -0.15) is 0 Å². The minimum atomic E-state index is -0.126. The molecule has 0 radical (unpaired) electrons. The van der Waals surface area contributed by atoms with Crippen LogP contribution in [0.4, 0.5) is 0 Å². The maximum atomic E-state index is 12.8. The predicted octanol–water partition coefficient (Wildman–Crippen LogP) is 5.12. The van der Waals surface area contributed by atoms with Gasteiger partial charge in [0.05, 0.1) is 22.3 Å². The number of thioether (sulfide) groups is 1. The van der Waals surface area contributed by atoms with Crippen LogP contribution in [0.2, 0.25) is 5.02 Å². The van der Waals surface area contributed by atoms with Crippen LogP contribution in [-0.4, -0.2) is 17.1 Å². The molecule has 0 aliphatic heterocycles. The van der Waals surface area contributed by atoms with E-state index in [-0.39, 0.29) is 11.9 Å². The van der Waals surface area contributed by atoms with Crippen LogP contribution in [0.15, 0.2) is 47.5 Å². The summed E-state index contributed by atoms with van der Waals surface area (Å²) in [6.07, 6.45) is 8.45. The number of nitrogens with one attached hydrogen (secondary N) is 1. The van der Waals surface area contributed by atoms with E-state index in [1.807, 2.05) is 36.6 Å². The Balaban J connectivity index is 1.86. The SMILES string of the molecule is CSc1ccc(Cl)c(C(=O)NC(c2ccccn2)C2CCCC2)c1. The zero-order valence-electron chi connectivity index (χ0n) is 13.7. The second kappa shape index (κ2) is 8.04. The normalized spacial score (nSPS) is 16.1. The zero-order chi connectivity index (χ0) is 16.9. The minimum Gasteiger partial charge on any atom is -0.343 e. The van der Waals surface area contributed by atoms with Crippen molar-refractivity contribution in [2.75, 3.05) is 6.26 Å². The first kappa shape index (κ1) is 17.3. The highest BCUT2D eigenvalue weighted by molar-refractivity contribution is 7.98. The molecule has 5 heteroatoms. The smallest absolute Gasteiger partial charge is 0.253 e. The van der Waals surface area contributed by atoms with Crippen molar-refractivity contribution in [2.45, 2.75) is 36.6 Å². The highest BCUT2D eigenvalue weighted by Crippen LogP contribution is 2.35. The zero-order valence-corrected chi connectivity index (χ0v) is 15.2. The summed E-state index contributed by atoms with van der Waals surface area (Å²) in [5.41, 5.74) is 1.46. The van der Waals surface area contributed by atoms with Crippen molar-refractivity contribution in [1.82, 2.24) is 10.3 Å². The summed E-state index contributed by atoms with van der Waals surface area (Å²) >= 11 is 7.85. The lowest BCUT2D eigenvalue weighted by atomic mass is 9.94. The van der Waals surface area contributed by atoms with E-state index >= 15 is 0 Å². The van der Waals surface area contributed by atoms with Gasteiger partial charge in [0.1, 0.15) is 0 Å². The van der Waals surface area contributed by atoms with Crippen LogP contribution >= 0.6 is 23.4 Å². The molecule has 3 rings (SSSR count). The van der Waals surface area contributed by atoms with E-state index in [0.717, 1.165) is 23.4 Å². The van der Waals surface area contributed by atoms with Gasteiger partial charge in [-0.3, -0.25) is 9.78 Å². The van der Waals surface area contributed by atoms with Crippen molar-refractivity contribution < 1.29 is 4.79 Å². The van der Waals surface area contributed by atoms with E-state index in [4.69, 9.17) is 11.6 Å².